The lowest BCUT2D eigenvalue weighted by Gasteiger charge is -2.45. The van der Waals surface area contributed by atoms with Crippen LogP contribution < -0.4 is 10.4 Å². The van der Waals surface area contributed by atoms with Gasteiger partial charge in [0.1, 0.15) is 5.60 Å². The lowest BCUT2D eigenvalue weighted by atomic mass is 9.86. The molecule has 2 rings (SSSR count). The summed E-state index contributed by atoms with van der Waals surface area (Å²) in [6.45, 7) is 10.2. The van der Waals surface area contributed by atoms with Crippen LogP contribution in [0, 0.1) is 5.92 Å². The van der Waals surface area contributed by atoms with Gasteiger partial charge < -0.3 is 19.7 Å². The van der Waals surface area contributed by atoms with E-state index in [0.717, 1.165) is 36.1 Å². The van der Waals surface area contributed by atoms with Gasteiger partial charge in [-0.3, -0.25) is 0 Å². The van der Waals surface area contributed by atoms with Crippen molar-refractivity contribution in [2.24, 2.45) is 5.92 Å². The summed E-state index contributed by atoms with van der Waals surface area (Å²) in [7, 11) is -2.82. The molecule has 0 amide bonds. The maximum absolute atomic E-state index is 11.3. The molecule has 0 fully saturated rings. The van der Waals surface area contributed by atoms with E-state index in [0.29, 0.717) is 6.42 Å². The lowest BCUT2D eigenvalue weighted by Crippen LogP contribution is -2.68. The Morgan fingerprint density at radius 1 is 0.848 bits per heavy atom. The van der Waals surface area contributed by atoms with Crippen LogP contribution in [0.1, 0.15) is 66.7 Å². The third kappa shape index (κ3) is 6.77. The van der Waals surface area contributed by atoms with Crippen LogP contribution in [0.2, 0.25) is 5.04 Å². The molecule has 184 valence electrons. The van der Waals surface area contributed by atoms with E-state index in [1.54, 1.807) is 6.92 Å². The maximum atomic E-state index is 11.3. The number of benzene rings is 2. The van der Waals surface area contributed by atoms with Crippen LogP contribution >= 0.6 is 0 Å². The standard InChI is InChI=1S/C28H44O4Si/c1-6-7-8-11-16-23(21-29)26(30)28(5,31)22-32-33(27(2,3)4,24-17-12-9-13-18-24)25-19-14-10-15-20-25/h9-10,12-15,17-20,23,26,29-31H,6-8,11,16,21-22H2,1-5H3. The van der Waals surface area contributed by atoms with Crippen LogP contribution in [0.25, 0.3) is 0 Å². The molecule has 0 bridgehead atoms. The number of hydrogen-bond donors (Lipinski definition) is 3. The first-order chi connectivity index (χ1) is 15.6. The normalized spacial score (nSPS) is 16.2. The van der Waals surface area contributed by atoms with E-state index >= 15 is 0 Å². The number of aliphatic hydroxyl groups excluding tert-OH is 2. The van der Waals surface area contributed by atoms with Gasteiger partial charge in [-0.2, -0.15) is 0 Å². The van der Waals surface area contributed by atoms with Crippen molar-refractivity contribution in [2.75, 3.05) is 13.2 Å². The van der Waals surface area contributed by atoms with Crippen molar-refractivity contribution in [3.63, 3.8) is 0 Å². The highest BCUT2D eigenvalue weighted by molar-refractivity contribution is 6.99. The number of aliphatic hydroxyl groups is 3. The Morgan fingerprint density at radius 3 is 1.79 bits per heavy atom. The molecule has 3 unspecified atom stereocenters. The number of rotatable bonds is 13. The second kappa shape index (κ2) is 12.3. The van der Waals surface area contributed by atoms with Gasteiger partial charge in [0.25, 0.3) is 8.32 Å². The molecule has 4 nitrogen and oxygen atoms in total. The van der Waals surface area contributed by atoms with Gasteiger partial charge in [-0.15, -0.1) is 0 Å². The van der Waals surface area contributed by atoms with Gasteiger partial charge in [-0.1, -0.05) is 114 Å². The fourth-order valence-electron chi connectivity index (χ4n) is 4.79. The highest BCUT2D eigenvalue weighted by Crippen LogP contribution is 2.37. The molecule has 0 saturated carbocycles. The highest BCUT2D eigenvalue weighted by atomic mass is 28.4. The molecule has 0 saturated heterocycles. The largest absolute Gasteiger partial charge is 0.404 e. The van der Waals surface area contributed by atoms with Gasteiger partial charge in [0, 0.05) is 12.5 Å². The van der Waals surface area contributed by atoms with Gasteiger partial charge in [0.05, 0.1) is 12.7 Å². The van der Waals surface area contributed by atoms with E-state index < -0.39 is 20.0 Å². The molecule has 0 aromatic heterocycles. The van der Waals surface area contributed by atoms with Crippen LogP contribution in [0.15, 0.2) is 60.7 Å². The van der Waals surface area contributed by atoms with Gasteiger partial charge in [-0.25, -0.2) is 0 Å². The molecule has 0 heterocycles. The van der Waals surface area contributed by atoms with Crippen LogP contribution in [0.4, 0.5) is 0 Å². The Labute approximate surface area is 201 Å². The zero-order chi connectivity index (χ0) is 24.5. The zero-order valence-corrected chi connectivity index (χ0v) is 22.1. The summed E-state index contributed by atoms with van der Waals surface area (Å²) >= 11 is 0. The first-order valence-electron chi connectivity index (χ1n) is 12.4. The van der Waals surface area contributed by atoms with E-state index in [2.05, 4.69) is 52.0 Å². The highest BCUT2D eigenvalue weighted by Gasteiger charge is 2.51. The van der Waals surface area contributed by atoms with Crippen molar-refractivity contribution < 1.29 is 19.7 Å². The first-order valence-corrected chi connectivity index (χ1v) is 14.3. The van der Waals surface area contributed by atoms with Gasteiger partial charge in [0.15, 0.2) is 0 Å². The molecule has 0 aliphatic heterocycles. The van der Waals surface area contributed by atoms with Crippen LogP contribution in [0.3, 0.4) is 0 Å². The Hall–Kier alpha value is -1.50. The molecule has 3 N–H and O–H groups in total. The molecule has 2 aromatic rings. The van der Waals surface area contributed by atoms with Crippen molar-refractivity contribution in [1.82, 2.24) is 0 Å². The Balaban J connectivity index is 2.35. The summed E-state index contributed by atoms with van der Waals surface area (Å²) in [5.74, 6) is -0.375. The molecule has 0 spiro atoms. The second-order valence-electron chi connectivity index (χ2n) is 10.5. The predicted molar refractivity (Wildman–Crippen MR) is 140 cm³/mol. The molecule has 3 atom stereocenters. The molecular weight excluding hydrogens is 428 g/mol. The van der Waals surface area contributed by atoms with Crippen molar-refractivity contribution in [2.45, 2.75) is 83.5 Å². The first kappa shape index (κ1) is 27.7. The smallest absolute Gasteiger partial charge is 0.261 e. The molecule has 0 radical (unpaired) electrons. The minimum atomic E-state index is -2.82. The van der Waals surface area contributed by atoms with Crippen LogP contribution in [0.5, 0.6) is 0 Å². The average molecular weight is 473 g/mol. The fraction of sp³-hybridized carbons (Fsp3) is 0.571. The molecule has 5 heteroatoms. The quantitative estimate of drug-likeness (QED) is 0.301. The predicted octanol–water partition coefficient (Wildman–Crippen LogP) is 4.25. The summed E-state index contributed by atoms with van der Waals surface area (Å²) in [4.78, 5) is 0. The van der Waals surface area contributed by atoms with E-state index in [-0.39, 0.29) is 24.2 Å². The maximum Gasteiger partial charge on any atom is 0.261 e. The van der Waals surface area contributed by atoms with E-state index in [9.17, 15) is 15.3 Å². The summed E-state index contributed by atoms with van der Waals surface area (Å²) in [5.41, 5.74) is -1.48. The summed E-state index contributed by atoms with van der Waals surface area (Å²) in [6.07, 6.45) is 3.90. The molecule has 0 aliphatic rings. The Kier molecular flexibility index (Phi) is 10.3. The Bertz CT molecular complexity index is 762. The molecular formula is C28H44O4Si. The summed E-state index contributed by atoms with van der Waals surface area (Å²) in [5, 5.41) is 34.4. The van der Waals surface area contributed by atoms with Gasteiger partial charge in [0.2, 0.25) is 0 Å². The topological polar surface area (TPSA) is 69.9 Å². The van der Waals surface area contributed by atoms with Crippen molar-refractivity contribution >= 4 is 18.7 Å². The van der Waals surface area contributed by atoms with E-state index in [1.165, 1.54) is 0 Å². The second-order valence-corrected chi connectivity index (χ2v) is 14.9. The van der Waals surface area contributed by atoms with Gasteiger partial charge in [-0.05, 0) is 28.8 Å². The van der Waals surface area contributed by atoms with Crippen molar-refractivity contribution in [3.05, 3.63) is 60.7 Å². The third-order valence-electron chi connectivity index (χ3n) is 6.74. The molecule has 2 aromatic carbocycles. The minimum absolute atomic E-state index is 0.00704. The SMILES string of the molecule is CCCCCCC(CO)C(O)C(C)(O)CO[Si](c1ccccc1)(c1ccccc1)C(C)(C)C. The van der Waals surface area contributed by atoms with Crippen LogP contribution in [-0.4, -0.2) is 48.6 Å². The number of unbranched alkanes of at least 4 members (excludes halogenated alkanes) is 3. The monoisotopic (exact) mass is 472 g/mol. The van der Waals surface area contributed by atoms with E-state index in [1.807, 2.05) is 36.4 Å². The van der Waals surface area contributed by atoms with E-state index in [4.69, 9.17) is 4.43 Å². The number of hydrogen-bond acceptors (Lipinski definition) is 4. The summed E-state index contributed by atoms with van der Waals surface area (Å²) < 4.78 is 6.84. The Morgan fingerprint density at radius 2 is 1.36 bits per heavy atom. The fourth-order valence-corrected chi connectivity index (χ4v) is 9.46. The minimum Gasteiger partial charge on any atom is -0.404 e. The lowest BCUT2D eigenvalue weighted by molar-refractivity contribution is -0.119. The average Bonchev–Trinajstić information content (AvgIpc) is 2.79. The van der Waals surface area contributed by atoms with Gasteiger partial charge >= 0.3 is 0 Å². The molecule has 0 aliphatic carbocycles. The zero-order valence-electron chi connectivity index (χ0n) is 21.1. The van der Waals surface area contributed by atoms with Crippen molar-refractivity contribution in [3.8, 4) is 0 Å². The molecule has 33 heavy (non-hydrogen) atoms. The summed E-state index contributed by atoms with van der Waals surface area (Å²) in [6, 6.07) is 20.6. The third-order valence-corrected chi connectivity index (χ3v) is 11.7. The van der Waals surface area contributed by atoms with Crippen molar-refractivity contribution in [1.29, 1.82) is 0 Å². The van der Waals surface area contributed by atoms with Crippen LogP contribution in [-0.2, 0) is 4.43 Å².